The number of carbonyl (C=O) groups is 1. The Bertz CT molecular complexity index is 1120. The van der Waals surface area contributed by atoms with Crippen molar-refractivity contribution >= 4 is 49.9 Å². The summed E-state index contributed by atoms with van der Waals surface area (Å²) in [5.41, 5.74) is -1.40. The normalized spacial score (nSPS) is 11.0. The number of nitrogens with one attached hydrogen (secondary N) is 1. The molecule has 128 valence electrons. The maximum atomic E-state index is 13.5. The maximum absolute atomic E-state index is 13.5. The number of halogens is 3. The third kappa shape index (κ3) is 2.75. The Morgan fingerprint density at radius 2 is 2.08 bits per heavy atom. The molecule has 10 heteroatoms. The highest BCUT2D eigenvalue weighted by Gasteiger charge is 2.29. The molecule has 0 aliphatic heterocycles. The lowest BCUT2D eigenvalue weighted by Crippen LogP contribution is -2.11. The Morgan fingerprint density at radius 3 is 2.72 bits per heavy atom. The first kappa shape index (κ1) is 17.3. The second kappa shape index (κ2) is 6.08. The van der Waals surface area contributed by atoms with Crippen molar-refractivity contribution in [1.82, 2.24) is 9.78 Å². The number of carbonyl (C=O) groups excluding carboxylic acids is 1. The van der Waals surface area contributed by atoms with E-state index in [1.807, 2.05) is 0 Å². The average molecular weight is 429 g/mol. The lowest BCUT2D eigenvalue weighted by atomic mass is 10.00. The highest BCUT2D eigenvalue weighted by atomic mass is 79.9. The zero-order valence-electron chi connectivity index (χ0n) is 12.5. The molecule has 0 aliphatic rings. The number of benzene rings is 2. The first-order chi connectivity index (χ1) is 11.7. The van der Waals surface area contributed by atoms with Crippen LogP contribution in [0.2, 0.25) is 5.02 Å². The lowest BCUT2D eigenvalue weighted by Gasteiger charge is -2.08. The quantitative estimate of drug-likeness (QED) is 0.392. The summed E-state index contributed by atoms with van der Waals surface area (Å²) in [6.45, 7) is 0. The highest BCUT2D eigenvalue weighted by Crippen LogP contribution is 2.35. The molecule has 0 saturated heterocycles. The van der Waals surface area contributed by atoms with Crippen molar-refractivity contribution in [2.45, 2.75) is 0 Å². The van der Waals surface area contributed by atoms with Gasteiger partial charge >= 0.3 is 0 Å². The van der Waals surface area contributed by atoms with Crippen LogP contribution in [0.15, 0.2) is 33.5 Å². The molecule has 0 amide bonds. The molecule has 1 heterocycles. The minimum absolute atomic E-state index is 0.0275. The first-order valence-corrected chi connectivity index (χ1v) is 7.94. The molecule has 1 N–H and O–H groups in total. The predicted molar refractivity (Wildman–Crippen MR) is 92.7 cm³/mol. The van der Waals surface area contributed by atoms with Gasteiger partial charge < -0.3 is 0 Å². The van der Waals surface area contributed by atoms with Crippen LogP contribution in [0, 0.1) is 15.9 Å². The van der Waals surface area contributed by atoms with Crippen molar-refractivity contribution in [2.75, 3.05) is 0 Å². The Hall–Kier alpha value is -2.52. The fourth-order valence-corrected chi connectivity index (χ4v) is 3.37. The number of hydrogen-bond acceptors (Lipinski definition) is 4. The third-order valence-corrected chi connectivity index (χ3v) is 4.78. The Balaban J connectivity index is 2.38. The number of fused-ring (bicyclic) bond motifs is 1. The summed E-state index contributed by atoms with van der Waals surface area (Å²) in [5, 5.41) is 14.1. The molecule has 7 nitrogen and oxygen atoms in total. The van der Waals surface area contributed by atoms with E-state index in [1.54, 1.807) is 0 Å². The molecule has 0 spiro atoms. The number of aryl methyl sites for hydroxylation is 1. The van der Waals surface area contributed by atoms with Gasteiger partial charge in [-0.2, -0.15) is 0 Å². The number of rotatable bonds is 3. The van der Waals surface area contributed by atoms with E-state index in [9.17, 15) is 24.1 Å². The summed E-state index contributed by atoms with van der Waals surface area (Å²) in [6, 6.07) is 4.17. The van der Waals surface area contributed by atoms with Gasteiger partial charge in [0.1, 0.15) is 11.4 Å². The van der Waals surface area contributed by atoms with Crippen molar-refractivity contribution in [3.8, 4) is 0 Å². The molecule has 0 unspecified atom stereocenters. The van der Waals surface area contributed by atoms with Gasteiger partial charge in [0.05, 0.1) is 25.3 Å². The Morgan fingerprint density at radius 1 is 1.40 bits per heavy atom. The van der Waals surface area contributed by atoms with Crippen molar-refractivity contribution in [1.29, 1.82) is 0 Å². The molecule has 3 aromatic rings. The van der Waals surface area contributed by atoms with E-state index < -0.39 is 27.8 Å². The SMILES string of the molecule is Cn1[nH]c2c(Br)c(C(=O)c3cc(F)ccc3Cl)c([N+](=O)[O-])cc2c1=O. The molecule has 25 heavy (non-hydrogen) atoms. The molecule has 0 fully saturated rings. The van der Waals surface area contributed by atoms with Crippen LogP contribution in [-0.2, 0) is 7.05 Å². The molecule has 3 rings (SSSR count). The second-order valence-electron chi connectivity index (χ2n) is 5.19. The van der Waals surface area contributed by atoms with Crippen LogP contribution >= 0.6 is 27.5 Å². The summed E-state index contributed by atoms with van der Waals surface area (Å²) in [7, 11) is 1.44. The highest BCUT2D eigenvalue weighted by molar-refractivity contribution is 9.10. The van der Waals surface area contributed by atoms with Crippen molar-refractivity contribution < 1.29 is 14.1 Å². The number of ketones is 1. The van der Waals surface area contributed by atoms with Crippen LogP contribution in [0.3, 0.4) is 0 Å². The van der Waals surface area contributed by atoms with E-state index in [1.165, 1.54) is 13.1 Å². The number of H-pyrrole nitrogens is 1. The molecule has 0 radical (unpaired) electrons. The zero-order chi connectivity index (χ0) is 18.5. The van der Waals surface area contributed by atoms with Crippen LogP contribution in [-0.4, -0.2) is 20.5 Å². The lowest BCUT2D eigenvalue weighted by molar-refractivity contribution is -0.385. The molecule has 0 aliphatic carbocycles. The summed E-state index contributed by atoms with van der Waals surface area (Å²) in [6.07, 6.45) is 0. The third-order valence-electron chi connectivity index (χ3n) is 3.66. The summed E-state index contributed by atoms with van der Waals surface area (Å²) >= 11 is 9.08. The molecular formula is C15H8BrClFN3O4. The van der Waals surface area contributed by atoms with Gasteiger partial charge in [-0.25, -0.2) is 4.39 Å². The Labute approximate surface area is 152 Å². The first-order valence-electron chi connectivity index (χ1n) is 6.77. The fourth-order valence-electron chi connectivity index (χ4n) is 2.48. The summed E-state index contributed by atoms with van der Waals surface area (Å²) in [4.78, 5) is 35.5. The molecule has 2 aromatic carbocycles. The molecular weight excluding hydrogens is 421 g/mol. The van der Waals surface area contributed by atoms with E-state index in [0.717, 1.165) is 22.9 Å². The van der Waals surface area contributed by atoms with Gasteiger partial charge in [0.2, 0.25) is 5.78 Å². The zero-order valence-corrected chi connectivity index (χ0v) is 14.8. The van der Waals surface area contributed by atoms with E-state index in [-0.39, 0.29) is 31.5 Å². The van der Waals surface area contributed by atoms with Gasteiger partial charge in [-0.05, 0) is 34.1 Å². The van der Waals surface area contributed by atoms with Crippen molar-refractivity contribution in [3.05, 3.63) is 71.2 Å². The van der Waals surface area contributed by atoms with E-state index in [2.05, 4.69) is 21.0 Å². The predicted octanol–water partition coefficient (Wildman–Crippen LogP) is 3.56. The minimum atomic E-state index is -0.838. The maximum Gasteiger partial charge on any atom is 0.282 e. The molecule has 0 atom stereocenters. The van der Waals surface area contributed by atoms with Crippen LogP contribution < -0.4 is 5.56 Å². The topological polar surface area (TPSA) is 98.0 Å². The monoisotopic (exact) mass is 427 g/mol. The molecule has 1 aromatic heterocycles. The van der Waals surface area contributed by atoms with E-state index >= 15 is 0 Å². The number of nitro groups is 1. The number of hydrogen-bond donors (Lipinski definition) is 1. The standard InChI is InChI=1S/C15H8BrClFN3O4/c1-20-15(23)8-5-10(21(24)25)11(12(16)13(8)19-20)14(22)7-4-6(18)2-3-9(7)17/h2-5,19H,1H3. The van der Waals surface area contributed by atoms with Gasteiger partial charge in [0.15, 0.2) is 0 Å². The van der Waals surface area contributed by atoms with Gasteiger partial charge in [-0.15, -0.1) is 0 Å². The summed E-state index contributed by atoms with van der Waals surface area (Å²) in [5.74, 6) is -1.55. The second-order valence-corrected chi connectivity index (χ2v) is 6.39. The smallest absolute Gasteiger partial charge is 0.282 e. The van der Waals surface area contributed by atoms with Gasteiger partial charge in [0.25, 0.3) is 11.2 Å². The van der Waals surface area contributed by atoms with Crippen molar-refractivity contribution in [3.63, 3.8) is 0 Å². The molecule has 0 bridgehead atoms. The Kier molecular flexibility index (Phi) is 4.21. The average Bonchev–Trinajstić information content (AvgIpc) is 2.84. The van der Waals surface area contributed by atoms with Crippen molar-refractivity contribution in [2.24, 2.45) is 7.05 Å². The van der Waals surface area contributed by atoms with Gasteiger partial charge in [0, 0.05) is 18.7 Å². The largest absolute Gasteiger partial charge is 0.294 e. The van der Waals surface area contributed by atoms with Crippen LogP contribution in [0.25, 0.3) is 10.9 Å². The van der Waals surface area contributed by atoms with E-state index in [0.29, 0.717) is 0 Å². The van der Waals surface area contributed by atoms with Gasteiger partial charge in [-0.3, -0.25) is 29.5 Å². The number of aromatic nitrogens is 2. The number of nitrogens with zero attached hydrogens (tertiary/aromatic N) is 2. The summed E-state index contributed by atoms with van der Waals surface area (Å²) < 4.78 is 14.6. The number of aromatic amines is 1. The number of nitro benzene ring substituents is 1. The fraction of sp³-hybridized carbons (Fsp3) is 0.0667. The minimum Gasteiger partial charge on any atom is -0.294 e. The van der Waals surface area contributed by atoms with Crippen LogP contribution in [0.4, 0.5) is 10.1 Å². The molecule has 0 saturated carbocycles. The van der Waals surface area contributed by atoms with Gasteiger partial charge in [-0.1, -0.05) is 11.6 Å². The van der Waals surface area contributed by atoms with Crippen LogP contribution in [0.5, 0.6) is 0 Å². The van der Waals surface area contributed by atoms with E-state index in [4.69, 9.17) is 11.6 Å². The van der Waals surface area contributed by atoms with Crippen LogP contribution in [0.1, 0.15) is 15.9 Å².